The van der Waals surface area contributed by atoms with Gasteiger partial charge in [0.05, 0.1) is 43.0 Å². The van der Waals surface area contributed by atoms with Crippen molar-refractivity contribution in [2.75, 3.05) is 19.4 Å². The first kappa shape index (κ1) is 22.4. The molecule has 3 fully saturated rings. The molecular formula is C19H28N3O8P. The molecule has 2 saturated heterocycles. The van der Waals surface area contributed by atoms with Crippen LogP contribution in [0.2, 0.25) is 0 Å². The largest absolute Gasteiger partial charge is 0.463 e. The van der Waals surface area contributed by atoms with E-state index in [1.54, 1.807) is 20.8 Å². The number of rotatable bonds is 6. The van der Waals surface area contributed by atoms with E-state index in [-0.39, 0.29) is 43.3 Å². The van der Waals surface area contributed by atoms with Gasteiger partial charge in [-0.3, -0.25) is 23.7 Å². The van der Waals surface area contributed by atoms with Crippen LogP contribution in [0.15, 0.2) is 21.9 Å². The van der Waals surface area contributed by atoms with E-state index >= 15 is 0 Å². The quantitative estimate of drug-likeness (QED) is 0.462. The van der Waals surface area contributed by atoms with Gasteiger partial charge in [-0.15, -0.1) is 0 Å². The van der Waals surface area contributed by atoms with Gasteiger partial charge in [0.1, 0.15) is 0 Å². The van der Waals surface area contributed by atoms with Crippen molar-refractivity contribution in [3.05, 3.63) is 33.1 Å². The van der Waals surface area contributed by atoms with Crippen molar-refractivity contribution >= 4 is 13.6 Å². The van der Waals surface area contributed by atoms with E-state index in [1.165, 1.54) is 16.8 Å². The first-order chi connectivity index (χ1) is 14.5. The number of nitrogens with one attached hydrogen (secondary N) is 1. The van der Waals surface area contributed by atoms with Gasteiger partial charge in [0.25, 0.3) is 5.56 Å². The number of esters is 1. The number of H-pyrrole nitrogens is 1. The third kappa shape index (κ3) is 4.42. The molecule has 1 aromatic heterocycles. The summed E-state index contributed by atoms with van der Waals surface area (Å²) in [6.07, 6.45) is 0.479. The molecule has 1 saturated carbocycles. The average Bonchev–Trinajstić information content (AvgIpc) is 3.41. The third-order valence-corrected chi connectivity index (χ3v) is 8.03. The van der Waals surface area contributed by atoms with Gasteiger partial charge in [-0.2, -0.15) is 0 Å². The highest BCUT2D eigenvalue weighted by atomic mass is 31.2. The molecule has 1 aliphatic carbocycles. The second-order valence-electron chi connectivity index (χ2n) is 8.99. The van der Waals surface area contributed by atoms with E-state index in [9.17, 15) is 18.9 Å². The number of carbonyl (C=O) groups excluding carboxylic acids is 1. The van der Waals surface area contributed by atoms with Crippen LogP contribution in [0.25, 0.3) is 0 Å². The van der Waals surface area contributed by atoms with Gasteiger partial charge < -0.3 is 24.3 Å². The number of aromatic nitrogens is 2. The van der Waals surface area contributed by atoms with Crippen molar-refractivity contribution in [3.63, 3.8) is 0 Å². The first-order valence-electron chi connectivity index (χ1n) is 10.3. The van der Waals surface area contributed by atoms with Crippen molar-refractivity contribution in [1.29, 1.82) is 0 Å². The minimum atomic E-state index is -3.46. The van der Waals surface area contributed by atoms with Crippen LogP contribution in [0.4, 0.5) is 0 Å². The first-order valence-corrected chi connectivity index (χ1v) is 12.1. The maximum atomic E-state index is 13.2. The maximum Gasteiger partial charge on any atom is 0.331 e. The zero-order valence-corrected chi connectivity index (χ0v) is 18.6. The Labute approximate surface area is 178 Å². The zero-order chi connectivity index (χ0) is 22.6. The molecule has 3 unspecified atom stereocenters. The molecule has 0 spiro atoms. The standard InChI is InChI=1S/C19H28N3O8P/c1-10(2)29-16(24)12-6-11(12)7-27-31(26)9-13-14(8-28-31)30-17(19(13,3)20)22-5-4-15(23)21-18(22)25/h4-5,10-14,17H,6-9,20H2,1-3H3,(H,21,23,25)/t11?,12?,13-,14-,17-,19-,31?/m1/s1. The molecule has 7 atom stereocenters. The van der Waals surface area contributed by atoms with E-state index in [2.05, 4.69) is 4.98 Å². The predicted molar refractivity (Wildman–Crippen MR) is 109 cm³/mol. The highest BCUT2D eigenvalue weighted by Gasteiger charge is 2.58. The number of hydrogen-bond donors (Lipinski definition) is 2. The van der Waals surface area contributed by atoms with Crippen molar-refractivity contribution in [1.82, 2.24) is 9.55 Å². The maximum absolute atomic E-state index is 13.2. The molecule has 12 heteroatoms. The smallest absolute Gasteiger partial charge is 0.331 e. The molecule has 0 amide bonds. The van der Waals surface area contributed by atoms with Crippen LogP contribution in [-0.2, 0) is 27.9 Å². The van der Waals surface area contributed by atoms with Crippen molar-refractivity contribution < 1.29 is 27.9 Å². The fraction of sp³-hybridized carbons (Fsp3) is 0.737. The van der Waals surface area contributed by atoms with E-state index in [0.29, 0.717) is 6.42 Å². The second-order valence-corrected chi connectivity index (χ2v) is 11.1. The molecule has 2 aliphatic heterocycles. The monoisotopic (exact) mass is 457 g/mol. The molecule has 3 aliphatic rings. The minimum Gasteiger partial charge on any atom is -0.463 e. The van der Waals surface area contributed by atoms with Crippen LogP contribution < -0.4 is 17.0 Å². The van der Waals surface area contributed by atoms with Gasteiger partial charge in [-0.05, 0) is 33.1 Å². The highest BCUT2D eigenvalue weighted by molar-refractivity contribution is 7.53. The summed E-state index contributed by atoms with van der Waals surface area (Å²) in [6, 6.07) is 1.21. The SMILES string of the molecule is CC(C)OC(=O)C1CC1COP1(=O)C[C@@H]2[C@@H](CO1)O[C@@H](n1ccc(=O)[nH]c1=O)[C@]2(C)N. The van der Waals surface area contributed by atoms with Crippen LogP contribution in [0.1, 0.15) is 33.4 Å². The third-order valence-electron chi connectivity index (χ3n) is 6.11. The Morgan fingerprint density at radius 2 is 2.19 bits per heavy atom. The number of fused-ring (bicyclic) bond motifs is 1. The van der Waals surface area contributed by atoms with Crippen LogP contribution in [0, 0.1) is 17.8 Å². The number of hydrogen-bond acceptors (Lipinski definition) is 9. The van der Waals surface area contributed by atoms with Gasteiger partial charge in [-0.25, -0.2) is 4.79 Å². The molecular weight excluding hydrogens is 429 g/mol. The van der Waals surface area contributed by atoms with E-state index in [4.69, 9.17) is 24.3 Å². The molecule has 1 aromatic rings. The Morgan fingerprint density at radius 1 is 1.45 bits per heavy atom. The Hall–Kier alpha value is -1.78. The molecule has 4 rings (SSSR count). The lowest BCUT2D eigenvalue weighted by atomic mass is 9.85. The molecule has 3 N–H and O–H groups in total. The fourth-order valence-corrected chi connectivity index (χ4v) is 6.45. The highest BCUT2D eigenvalue weighted by Crippen LogP contribution is 2.59. The molecule has 3 heterocycles. The predicted octanol–water partition coefficient (Wildman–Crippen LogP) is 0.595. The Kier molecular flexibility index (Phi) is 5.76. The summed E-state index contributed by atoms with van der Waals surface area (Å²) in [7, 11) is -3.46. The summed E-state index contributed by atoms with van der Waals surface area (Å²) in [6.45, 7) is 5.44. The van der Waals surface area contributed by atoms with Gasteiger partial charge in [0.2, 0.25) is 0 Å². The number of ether oxygens (including phenoxy) is 2. The van der Waals surface area contributed by atoms with Crippen molar-refractivity contribution in [2.45, 2.75) is 51.2 Å². The lowest BCUT2D eigenvalue weighted by Gasteiger charge is -2.36. The Morgan fingerprint density at radius 3 is 2.87 bits per heavy atom. The normalized spacial score (nSPS) is 39.3. The molecule has 0 bridgehead atoms. The summed E-state index contributed by atoms with van der Waals surface area (Å²) in [5.74, 6) is -0.941. The summed E-state index contributed by atoms with van der Waals surface area (Å²) in [5.41, 5.74) is 4.33. The van der Waals surface area contributed by atoms with Crippen LogP contribution in [0.3, 0.4) is 0 Å². The Balaban J connectivity index is 1.41. The molecule has 31 heavy (non-hydrogen) atoms. The zero-order valence-electron chi connectivity index (χ0n) is 17.7. The van der Waals surface area contributed by atoms with Crippen LogP contribution >= 0.6 is 7.60 Å². The summed E-state index contributed by atoms with van der Waals surface area (Å²) in [5, 5.41) is 0. The molecule has 0 radical (unpaired) electrons. The number of nitrogens with zero attached hydrogens (tertiary/aromatic N) is 1. The van der Waals surface area contributed by atoms with Crippen LogP contribution in [-0.4, -0.2) is 52.6 Å². The second kappa shape index (κ2) is 7.97. The number of aromatic amines is 1. The number of nitrogens with two attached hydrogens (primary N) is 1. The topological polar surface area (TPSA) is 152 Å². The van der Waals surface area contributed by atoms with E-state index < -0.39 is 42.6 Å². The van der Waals surface area contributed by atoms with Crippen molar-refractivity contribution in [3.8, 4) is 0 Å². The molecule has 11 nitrogen and oxygen atoms in total. The number of carbonyl (C=O) groups is 1. The summed E-state index contributed by atoms with van der Waals surface area (Å²) in [4.78, 5) is 37.7. The Bertz CT molecular complexity index is 1020. The lowest BCUT2D eigenvalue weighted by molar-refractivity contribution is -0.149. The summed E-state index contributed by atoms with van der Waals surface area (Å²) >= 11 is 0. The average molecular weight is 457 g/mol. The van der Waals surface area contributed by atoms with E-state index in [1.807, 2.05) is 0 Å². The summed E-state index contributed by atoms with van der Waals surface area (Å²) < 4.78 is 36.8. The lowest BCUT2D eigenvalue weighted by Crippen LogP contribution is -2.52. The fourth-order valence-electron chi connectivity index (χ4n) is 4.26. The van der Waals surface area contributed by atoms with Gasteiger partial charge in [0, 0.05) is 18.2 Å². The minimum absolute atomic E-state index is 0.00677. The van der Waals surface area contributed by atoms with Gasteiger partial charge >= 0.3 is 19.3 Å². The van der Waals surface area contributed by atoms with Gasteiger partial charge in [-0.1, -0.05) is 0 Å². The van der Waals surface area contributed by atoms with E-state index in [0.717, 1.165) is 0 Å². The molecule has 172 valence electrons. The van der Waals surface area contributed by atoms with Crippen molar-refractivity contribution in [2.24, 2.45) is 23.5 Å². The molecule has 0 aromatic carbocycles. The van der Waals surface area contributed by atoms with Crippen LogP contribution in [0.5, 0.6) is 0 Å². The van der Waals surface area contributed by atoms with Gasteiger partial charge in [0.15, 0.2) is 6.23 Å².